The molecule has 2 aliphatic heterocycles. The number of hydrogen-bond donors (Lipinski definition) is 1. The Kier molecular flexibility index (Phi) is 3.50. The van der Waals surface area contributed by atoms with Crippen LogP contribution in [0.1, 0.15) is 18.4 Å². The van der Waals surface area contributed by atoms with Crippen molar-refractivity contribution in [1.29, 1.82) is 0 Å². The predicted molar refractivity (Wildman–Crippen MR) is 80.9 cm³/mol. The first-order valence-electron chi connectivity index (χ1n) is 7.23. The van der Waals surface area contributed by atoms with E-state index in [-0.39, 0.29) is 0 Å². The lowest BCUT2D eigenvalue weighted by Gasteiger charge is -2.32. The summed E-state index contributed by atoms with van der Waals surface area (Å²) < 4.78 is 23.4. The first-order chi connectivity index (χ1) is 9.43. The SMILES string of the molecule is Cc1ccc(S(C)(=O)=O)cc1NC1CCN2CCC1C2. The molecular formula is C15H22N2O2S. The van der Waals surface area contributed by atoms with Gasteiger partial charge in [0.05, 0.1) is 4.90 Å². The van der Waals surface area contributed by atoms with Crippen molar-refractivity contribution in [3.05, 3.63) is 23.8 Å². The van der Waals surface area contributed by atoms with Crippen molar-refractivity contribution in [2.45, 2.75) is 30.7 Å². The van der Waals surface area contributed by atoms with E-state index in [2.05, 4.69) is 10.2 Å². The zero-order valence-corrected chi connectivity index (χ0v) is 12.9. The first kappa shape index (κ1) is 13.9. The van der Waals surface area contributed by atoms with E-state index in [1.54, 1.807) is 12.1 Å². The van der Waals surface area contributed by atoms with E-state index in [4.69, 9.17) is 0 Å². The van der Waals surface area contributed by atoms with Crippen molar-refractivity contribution in [2.24, 2.45) is 5.92 Å². The van der Waals surface area contributed by atoms with Crippen LogP contribution < -0.4 is 5.32 Å². The molecular weight excluding hydrogens is 272 g/mol. The predicted octanol–water partition coefficient (Wildman–Crippen LogP) is 1.90. The minimum atomic E-state index is -3.14. The van der Waals surface area contributed by atoms with Gasteiger partial charge < -0.3 is 10.2 Å². The number of hydrogen-bond acceptors (Lipinski definition) is 4. The molecule has 2 bridgehead atoms. The average molecular weight is 294 g/mol. The van der Waals surface area contributed by atoms with Crippen molar-refractivity contribution >= 4 is 15.5 Å². The third-order valence-corrected chi connectivity index (χ3v) is 5.72. The molecule has 110 valence electrons. The number of sulfone groups is 1. The first-order valence-corrected chi connectivity index (χ1v) is 9.12. The Morgan fingerprint density at radius 3 is 2.75 bits per heavy atom. The highest BCUT2D eigenvalue weighted by Crippen LogP contribution is 2.31. The maximum atomic E-state index is 11.7. The second-order valence-electron chi connectivity index (χ2n) is 6.14. The molecule has 0 amide bonds. The van der Waals surface area contributed by atoms with E-state index in [1.165, 1.54) is 25.8 Å². The summed E-state index contributed by atoms with van der Waals surface area (Å²) in [5.74, 6) is 0.699. The van der Waals surface area contributed by atoms with E-state index in [0.717, 1.165) is 24.2 Å². The highest BCUT2D eigenvalue weighted by molar-refractivity contribution is 7.90. The van der Waals surface area contributed by atoms with E-state index in [9.17, 15) is 8.42 Å². The van der Waals surface area contributed by atoms with E-state index >= 15 is 0 Å². The Balaban J connectivity index is 1.83. The molecule has 0 radical (unpaired) electrons. The number of nitrogens with one attached hydrogen (secondary N) is 1. The van der Waals surface area contributed by atoms with Crippen LogP contribution in [0.25, 0.3) is 0 Å². The van der Waals surface area contributed by atoms with Crippen molar-refractivity contribution < 1.29 is 8.42 Å². The lowest BCUT2D eigenvalue weighted by atomic mass is 9.93. The fraction of sp³-hybridized carbons (Fsp3) is 0.600. The van der Waals surface area contributed by atoms with Gasteiger partial charge in [0, 0.05) is 31.1 Å². The van der Waals surface area contributed by atoms with Gasteiger partial charge in [-0.25, -0.2) is 8.42 Å². The molecule has 0 spiro atoms. The highest BCUT2D eigenvalue weighted by atomic mass is 32.2. The quantitative estimate of drug-likeness (QED) is 0.925. The summed E-state index contributed by atoms with van der Waals surface area (Å²) >= 11 is 0. The summed E-state index contributed by atoms with van der Waals surface area (Å²) in [7, 11) is -3.14. The van der Waals surface area contributed by atoms with E-state index < -0.39 is 9.84 Å². The Morgan fingerprint density at radius 2 is 2.00 bits per heavy atom. The molecule has 3 unspecified atom stereocenters. The van der Waals surface area contributed by atoms with Gasteiger partial charge in [-0.1, -0.05) is 6.07 Å². The van der Waals surface area contributed by atoms with Crippen LogP contribution in [0.2, 0.25) is 0 Å². The molecule has 1 aromatic carbocycles. The molecule has 3 atom stereocenters. The van der Waals surface area contributed by atoms with Crippen LogP contribution in [-0.2, 0) is 9.84 Å². The van der Waals surface area contributed by atoms with Gasteiger partial charge in [0.15, 0.2) is 9.84 Å². The Morgan fingerprint density at radius 1 is 1.25 bits per heavy atom. The minimum absolute atomic E-state index is 0.398. The average Bonchev–Trinajstić information content (AvgIpc) is 2.77. The normalized spacial score (nSPS) is 29.4. The fourth-order valence-corrected chi connectivity index (χ4v) is 3.98. The van der Waals surface area contributed by atoms with Crippen molar-refractivity contribution in [2.75, 3.05) is 31.2 Å². The number of rotatable bonds is 3. The Hall–Kier alpha value is -1.07. The molecule has 0 aliphatic carbocycles. The third-order valence-electron chi connectivity index (χ3n) is 4.61. The smallest absolute Gasteiger partial charge is 0.175 e. The van der Waals surface area contributed by atoms with Crippen molar-refractivity contribution in [3.63, 3.8) is 0 Å². The van der Waals surface area contributed by atoms with Gasteiger partial charge in [-0.3, -0.25) is 0 Å². The Labute approximate surface area is 121 Å². The molecule has 4 nitrogen and oxygen atoms in total. The molecule has 2 aliphatic rings. The molecule has 2 saturated heterocycles. The number of aryl methyl sites for hydroxylation is 1. The van der Waals surface area contributed by atoms with Crippen LogP contribution in [-0.4, -0.2) is 45.2 Å². The fourth-order valence-electron chi connectivity index (χ4n) is 3.33. The van der Waals surface area contributed by atoms with Crippen LogP contribution in [0.4, 0.5) is 5.69 Å². The zero-order valence-electron chi connectivity index (χ0n) is 12.1. The second kappa shape index (κ2) is 5.04. The van der Waals surface area contributed by atoms with Crippen LogP contribution in [0.3, 0.4) is 0 Å². The molecule has 20 heavy (non-hydrogen) atoms. The van der Waals surface area contributed by atoms with Gasteiger partial charge in [0.25, 0.3) is 0 Å². The van der Waals surface area contributed by atoms with Crippen LogP contribution in [0.15, 0.2) is 23.1 Å². The minimum Gasteiger partial charge on any atom is -0.382 e. The molecule has 0 saturated carbocycles. The molecule has 0 aromatic heterocycles. The standard InChI is InChI=1S/C15H22N2O2S/c1-11-3-4-13(20(2,18)19)9-15(11)16-14-6-8-17-7-5-12(14)10-17/h3-4,9,12,14,16H,5-8,10H2,1-2H3. The number of piperidine rings is 1. The summed E-state index contributed by atoms with van der Waals surface area (Å²) in [6.45, 7) is 5.57. The number of benzene rings is 1. The summed E-state index contributed by atoms with van der Waals surface area (Å²) in [4.78, 5) is 2.91. The van der Waals surface area contributed by atoms with Gasteiger partial charge in [-0.15, -0.1) is 0 Å². The second-order valence-corrected chi connectivity index (χ2v) is 8.15. The van der Waals surface area contributed by atoms with Crippen molar-refractivity contribution in [3.8, 4) is 0 Å². The molecule has 1 aromatic rings. The van der Waals surface area contributed by atoms with E-state index in [1.807, 2.05) is 13.0 Å². The molecule has 2 heterocycles. The van der Waals surface area contributed by atoms with Gasteiger partial charge >= 0.3 is 0 Å². The third kappa shape index (κ3) is 2.69. The van der Waals surface area contributed by atoms with Gasteiger partial charge in [0.2, 0.25) is 0 Å². The topological polar surface area (TPSA) is 49.4 Å². The summed E-state index contributed by atoms with van der Waals surface area (Å²) in [5, 5.41) is 3.60. The summed E-state index contributed by atoms with van der Waals surface area (Å²) in [6.07, 6.45) is 3.66. The van der Waals surface area contributed by atoms with Gasteiger partial charge in [-0.2, -0.15) is 0 Å². The Bertz CT molecular complexity index is 612. The van der Waals surface area contributed by atoms with E-state index in [0.29, 0.717) is 16.9 Å². The lowest BCUT2D eigenvalue weighted by Crippen LogP contribution is -2.39. The zero-order chi connectivity index (χ0) is 14.3. The van der Waals surface area contributed by atoms with Crippen LogP contribution >= 0.6 is 0 Å². The monoisotopic (exact) mass is 294 g/mol. The maximum Gasteiger partial charge on any atom is 0.175 e. The maximum absolute atomic E-state index is 11.7. The summed E-state index contributed by atoms with van der Waals surface area (Å²) in [5.41, 5.74) is 2.08. The van der Waals surface area contributed by atoms with Gasteiger partial charge in [-0.05, 0) is 49.9 Å². The van der Waals surface area contributed by atoms with Crippen molar-refractivity contribution in [1.82, 2.24) is 4.90 Å². The van der Waals surface area contributed by atoms with Crippen LogP contribution in [0.5, 0.6) is 0 Å². The number of nitrogens with zero attached hydrogens (tertiary/aromatic N) is 1. The lowest BCUT2D eigenvalue weighted by molar-refractivity contribution is 0.255. The van der Waals surface area contributed by atoms with Crippen LogP contribution in [0, 0.1) is 12.8 Å². The molecule has 3 rings (SSSR count). The highest BCUT2D eigenvalue weighted by Gasteiger charge is 2.34. The largest absolute Gasteiger partial charge is 0.382 e. The van der Waals surface area contributed by atoms with Gasteiger partial charge in [0.1, 0.15) is 0 Å². The number of fused-ring (bicyclic) bond motifs is 2. The molecule has 1 N–H and O–H groups in total. The summed E-state index contributed by atoms with van der Waals surface area (Å²) in [6, 6.07) is 5.84. The molecule has 5 heteroatoms. The molecule has 2 fully saturated rings. The number of anilines is 1.